The van der Waals surface area contributed by atoms with Crippen LogP contribution in [0.2, 0.25) is 0 Å². The van der Waals surface area contributed by atoms with E-state index in [4.69, 9.17) is 9.84 Å². The van der Waals surface area contributed by atoms with Crippen LogP contribution in [-0.2, 0) is 9.53 Å². The van der Waals surface area contributed by atoms with Crippen LogP contribution in [0.3, 0.4) is 0 Å². The predicted molar refractivity (Wildman–Crippen MR) is 103 cm³/mol. The van der Waals surface area contributed by atoms with Gasteiger partial charge < -0.3 is 20.5 Å². The summed E-state index contributed by atoms with van der Waals surface area (Å²) in [6, 6.07) is 6.48. The zero-order valence-electron chi connectivity index (χ0n) is 16.0. The van der Waals surface area contributed by atoms with Gasteiger partial charge in [-0.25, -0.2) is 9.59 Å². The first-order valence-electron chi connectivity index (χ1n) is 9.75. The number of anilines is 1. The van der Waals surface area contributed by atoms with Crippen molar-refractivity contribution < 1.29 is 24.2 Å². The van der Waals surface area contributed by atoms with Gasteiger partial charge in [-0.15, -0.1) is 0 Å². The summed E-state index contributed by atoms with van der Waals surface area (Å²) in [5, 5.41) is 14.7. The van der Waals surface area contributed by atoms with Crippen molar-refractivity contribution in [2.45, 2.75) is 44.7 Å². The lowest BCUT2D eigenvalue weighted by Gasteiger charge is -2.42. The number of carboxylic acid groups (broad SMARTS) is 1. The summed E-state index contributed by atoms with van der Waals surface area (Å²) in [6.07, 6.45) is 3.85. The van der Waals surface area contributed by atoms with E-state index in [9.17, 15) is 14.4 Å². The van der Waals surface area contributed by atoms with Gasteiger partial charge in [0.2, 0.25) is 0 Å². The Morgan fingerprint density at radius 1 is 1.25 bits per heavy atom. The van der Waals surface area contributed by atoms with Crippen molar-refractivity contribution in [3.63, 3.8) is 0 Å². The van der Waals surface area contributed by atoms with Crippen molar-refractivity contribution >= 4 is 23.7 Å². The molecule has 2 saturated carbocycles. The fraction of sp³-hybridized carbons (Fsp3) is 0.550. The van der Waals surface area contributed by atoms with Crippen molar-refractivity contribution in [2.75, 3.05) is 25.0 Å². The molecule has 3 N–H and O–H groups in total. The molecule has 1 aromatic carbocycles. The topological polar surface area (TPSA) is 108 Å². The molecule has 0 saturated heterocycles. The third kappa shape index (κ3) is 5.69. The molecule has 8 nitrogen and oxygen atoms in total. The Labute approximate surface area is 164 Å². The number of nitrogens with zero attached hydrogens (tertiary/aromatic N) is 1. The molecular weight excluding hydrogens is 362 g/mol. The smallest absolute Gasteiger partial charge is 0.338 e. The van der Waals surface area contributed by atoms with Gasteiger partial charge in [-0.2, -0.15) is 0 Å². The second-order valence-corrected chi connectivity index (χ2v) is 7.49. The Morgan fingerprint density at radius 3 is 2.64 bits per heavy atom. The number of amides is 2. The zero-order valence-corrected chi connectivity index (χ0v) is 16.0. The minimum absolute atomic E-state index is 0.0220. The number of hydrogen-bond donors (Lipinski definition) is 3. The summed E-state index contributed by atoms with van der Waals surface area (Å²) >= 11 is 0. The maximum atomic E-state index is 12.2. The molecule has 0 spiro atoms. The number of carbonyl (C=O) groups excluding carboxylic acids is 2. The van der Waals surface area contributed by atoms with Crippen LogP contribution < -0.4 is 10.6 Å². The molecule has 0 bridgehead atoms. The number of rotatable bonds is 9. The van der Waals surface area contributed by atoms with Crippen molar-refractivity contribution in [3.8, 4) is 0 Å². The Bertz CT molecular complexity index is 728. The summed E-state index contributed by atoms with van der Waals surface area (Å²) in [6.45, 7) is 2.91. The van der Waals surface area contributed by atoms with E-state index >= 15 is 0 Å². The first kappa shape index (κ1) is 20.1. The number of hydrogen-bond acceptors (Lipinski definition) is 5. The highest BCUT2D eigenvalue weighted by atomic mass is 16.5. The molecule has 2 aliphatic carbocycles. The van der Waals surface area contributed by atoms with Gasteiger partial charge in [0.05, 0.1) is 18.7 Å². The van der Waals surface area contributed by atoms with Gasteiger partial charge in [0, 0.05) is 24.3 Å². The van der Waals surface area contributed by atoms with Crippen molar-refractivity contribution in [1.82, 2.24) is 10.2 Å². The maximum absolute atomic E-state index is 12.2. The van der Waals surface area contributed by atoms with E-state index in [1.165, 1.54) is 12.8 Å². The first-order chi connectivity index (χ1) is 13.4. The second kappa shape index (κ2) is 9.05. The van der Waals surface area contributed by atoms with Crippen LogP contribution in [0.1, 0.15) is 43.0 Å². The third-order valence-electron chi connectivity index (χ3n) is 5.12. The largest absolute Gasteiger partial charge is 0.480 e. The molecule has 0 atom stereocenters. The Morgan fingerprint density at radius 2 is 2.00 bits per heavy atom. The number of nitrogens with one attached hydrogen (secondary N) is 2. The normalized spacial score (nSPS) is 20.9. The number of carbonyl (C=O) groups is 3. The van der Waals surface area contributed by atoms with Gasteiger partial charge in [-0.3, -0.25) is 9.69 Å². The Balaban J connectivity index is 1.45. The molecule has 152 valence electrons. The molecule has 0 aromatic heterocycles. The molecule has 1 aromatic rings. The summed E-state index contributed by atoms with van der Waals surface area (Å²) in [7, 11) is 0. The van der Waals surface area contributed by atoms with E-state index in [1.54, 1.807) is 31.2 Å². The first-order valence-corrected chi connectivity index (χ1v) is 9.75. The van der Waals surface area contributed by atoms with Gasteiger partial charge in [-0.05, 0) is 56.7 Å². The molecule has 0 aliphatic heterocycles. The second-order valence-electron chi connectivity index (χ2n) is 7.49. The van der Waals surface area contributed by atoms with Crippen LogP contribution in [0.15, 0.2) is 24.3 Å². The van der Waals surface area contributed by atoms with E-state index in [0.717, 1.165) is 19.4 Å². The summed E-state index contributed by atoms with van der Waals surface area (Å²) in [5.74, 6) is -0.611. The van der Waals surface area contributed by atoms with E-state index in [-0.39, 0.29) is 24.7 Å². The number of urea groups is 1. The standard InChI is InChI=1S/C20H27N3O5/c1-2-28-19(26)14-4-3-5-15(8-14)21-20(27)22-16-9-17(10-16)23(12-18(24)25)11-13-6-7-13/h3-5,8,13,16-17H,2,6-7,9-12H2,1H3,(H,24,25)(H2,21,22,27). The molecule has 0 radical (unpaired) electrons. The molecule has 2 amide bonds. The minimum atomic E-state index is -0.809. The van der Waals surface area contributed by atoms with Crippen molar-refractivity contribution in [2.24, 2.45) is 5.92 Å². The average Bonchev–Trinajstić information content (AvgIpc) is 3.41. The lowest BCUT2D eigenvalue weighted by Crippen LogP contribution is -2.55. The molecule has 8 heteroatoms. The van der Waals surface area contributed by atoms with Gasteiger partial charge in [0.15, 0.2) is 0 Å². The van der Waals surface area contributed by atoms with Crippen molar-refractivity contribution in [1.29, 1.82) is 0 Å². The highest BCUT2D eigenvalue weighted by Gasteiger charge is 2.37. The molecular formula is C20H27N3O5. The van der Waals surface area contributed by atoms with Crippen LogP contribution >= 0.6 is 0 Å². The van der Waals surface area contributed by atoms with Gasteiger partial charge in [-0.1, -0.05) is 6.07 Å². The van der Waals surface area contributed by atoms with Crippen LogP contribution in [0.25, 0.3) is 0 Å². The maximum Gasteiger partial charge on any atom is 0.338 e. The molecule has 0 heterocycles. The van der Waals surface area contributed by atoms with Gasteiger partial charge in [0.1, 0.15) is 0 Å². The van der Waals surface area contributed by atoms with E-state index in [1.807, 2.05) is 4.90 Å². The van der Waals surface area contributed by atoms with Crippen LogP contribution in [0, 0.1) is 5.92 Å². The number of esters is 1. The molecule has 0 unspecified atom stereocenters. The fourth-order valence-electron chi connectivity index (χ4n) is 3.44. The Kier molecular flexibility index (Phi) is 6.51. The molecule has 2 fully saturated rings. The van der Waals surface area contributed by atoms with Gasteiger partial charge in [0.25, 0.3) is 0 Å². The minimum Gasteiger partial charge on any atom is -0.480 e. The quantitative estimate of drug-likeness (QED) is 0.560. The lowest BCUT2D eigenvalue weighted by atomic mass is 9.85. The summed E-state index contributed by atoms with van der Waals surface area (Å²) < 4.78 is 4.96. The number of benzene rings is 1. The lowest BCUT2D eigenvalue weighted by molar-refractivity contribution is -0.139. The van der Waals surface area contributed by atoms with E-state index in [2.05, 4.69) is 10.6 Å². The SMILES string of the molecule is CCOC(=O)c1cccc(NC(=O)NC2CC(N(CC(=O)O)CC3CC3)C2)c1. The van der Waals surface area contributed by atoms with Crippen molar-refractivity contribution in [3.05, 3.63) is 29.8 Å². The average molecular weight is 389 g/mol. The predicted octanol–water partition coefficient (Wildman–Crippen LogP) is 2.31. The molecule has 3 rings (SSSR count). The summed E-state index contributed by atoms with van der Waals surface area (Å²) in [5.41, 5.74) is 0.896. The Hall–Kier alpha value is -2.61. The summed E-state index contributed by atoms with van der Waals surface area (Å²) in [4.78, 5) is 37.1. The van der Waals surface area contributed by atoms with Gasteiger partial charge >= 0.3 is 18.0 Å². The highest BCUT2D eigenvalue weighted by molar-refractivity contribution is 5.94. The monoisotopic (exact) mass is 389 g/mol. The number of carboxylic acids is 1. The third-order valence-corrected chi connectivity index (χ3v) is 5.12. The van der Waals surface area contributed by atoms with Crippen LogP contribution in [0.4, 0.5) is 10.5 Å². The highest BCUT2D eigenvalue weighted by Crippen LogP contribution is 2.33. The van der Waals surface area contributed by atoms with E-state index < -0.39 is 11.9 Å². The van der Waals surface area contributed by atoms with Crippen LogP contribution in [-0.4, -0.2) is 59.8 Å². The number of ether oxygens (including phenoxy) is 1. The zero-order chi connectivity index (χ0) is 20.1. The molecule has 28 heavy (non-hydrogen) atoms. The van der Waals surface area contributed by atoms with E-state index in [0.29, 0.717) is 23.8 Å². The number of aliphatic carboxylic acids is 1. The van der Waals surface area contributed by atoms with Crippen LogP contribution in [0.5, 0.6) is 0 Å². The fourth-order valence-corrected chi connectivity index (χ4v) is 3.44. The molecule has 2 aliphatic rings.